The smallest absolute Gasteiger partial charge is 0.179 e. The summed E-state index contributed by atoms with van der Waals surface area (Å²) in [7, 11) is 4.25. The highest BCUT2D eigenvalue weighted by atomic mass is 16.1. The van der Waals surface area contributed by atoms with Crippen molar-refractivity contribution < 1.29 is 4.79 Å². The lowest BCUT2D eigenvalue weighted by Crippen LogP contribution is -2.47. The fourth-order valence-corrected chi connectivity index (χ4v) is 2.86. The molecule has 1 aliphatic rings. The van der Waals surface area contributed by atoms with Crippen LogP contribution in [0.15, 0.2) is 24.3 Å². The van der Waals surface area contributed by atoms with Gasteiger partial charge in [-0.3, -0.25) is 9.69 Å². The standard InChI is InChI=1S/C17H26N2O/c1-13-5-7-15(8-6-13)17(20)14(2)19(4)16-9-11-18(3)12-10-16/h5-8,14,16H,9-12H2,1-4H3. The van der Waals surface area contributed by atoms with Crippen molar-refractivity contribution in [3.8, 4) is 0 Å². The molecule has 1 atom stereocenters. The zero-order valence-electron chi connectivity index (χ0n) is 13.1. The van der Waals surface area contributed by atoms with Crippen molar-refractivity contribution in [2.24, 2.45) is 0 Å². The first kappa shape index (κ1) is 15.2. The summed E-state index contributed by atoms with van der Waals surface area (Å²) in [5, 5.41) is 0. The van der Waals surface area contributed by atoms with Crippen molar-refractivity contribution in [3.05, 3.63) is 35.4 Å². The SMILES string of the molecule is Cc1ccc(C(=O)C(C)N(C)C2CCN(C)CC2)cc1. The quantitative estimate of drug-likeness (QED) is 0.789. The van der Waals surface area contributed by atoms with Gasteiger partial charge in [-0.25, -0.2) is 0 Å². The summed E-state index contributed by atoms with van der Waals surface area (Å²) in [4.78, 5) is 17.2. The van der Waals surface area contributed by atoms with E-state index in [1.807, 2.05) is 38.1 Å². The molecular formula is C17H26N2O. The Morgan fingerprint density at radius 2 is 1.80 bits per heavy atom. The van der Waals surface area contributed by atoms with Crippen LogP contribution >= 0.6 is 0 Å². The summed E-state index contributed by atoms with van der Waals surface area (Å²) in [6, 6.07) is 8.37. The van der Waals surface area contributed by atoms with Crippen LogP contribution in [-0.2, 0) is 0 Å². The van der Waals surface area contributed by atoms with Crippen LogP contribution in [0, 0.1) is 6.92 Å². The monoisotopic (exact) mass is 274 g/mol. The van der Waals surface area contributed by atoms with Crippen LogP contribution in [0.2, 0.25) is 0 Å². The van der Waals surface area contributed by atoms with Gasteiger partial charge in [0.15, 0.2) is 5.78 Å². The first-order chi connectivity index (χ1) is 9.49. The summed E-state index contributed by atoms with van der Waals surface area (Å²) in [6.07, 6.45) is 2.30. The first-order valence-electron chi connectivity index (χ1n) is 7.50. The number of hydrogen-bond donors (Lipinski definition) is 0. The molecule has 1 unspecified atom stereocenters. The van der Waals surface area contributed by atoms with Crippen LogP contribution in [0.4, 0.5) is 0 Å². The maximum Gasteiger partial charge on any atom is 0.179 e. The fourth-order valence-electron chi connectivity index (χ4n) is 2.86. The molecule has 3 heteroatoms. The van der Waals surface area contributed by atoms with Crippen molar-refractivity contribution in [1.29, 1.82) is 0 Å². The van der Waals surface area contributed by atoms with Gasteiger partial charge in [0.25, 0.3) is 0 Å². The molecule has 0 radical (unpaired) electrons. The van der Waals surface area contributed by atoms with E-state index in [1.54, 1.807) is 0 Å². The maximum absolute atomic E-state index is 12.6. The largest absolute Gasteiger partial charge is 0.306 e. The molecule has 0 N–H and O–H groups in total. The average molecular weight is 274 g/mol. The van der Waals surface area contributed by atoms with Gasteiger partial charge >= 0.3 is 0 Å². The van der Waals surface area contributed by atoms with Crippen LogP contribution in [0.5, 0.6) is 0 Å². The number of benzene rings is 1. The number of likely N-dealkylation sites (N-methyl/N-ethyl adjacent to an activating group) is 1. The molecule has 20 heavy (non-hydrogen) atoms. The number of aryl methyl sites for hydroxylation is 1. The van der Waals surface area contributed by atoms with Crippen molar-refractivity contribution in [1.82, 2.24) is 9.80 Å². The predicted octanol–water partition coefficient (Wildman–Crippen LogP) is 2.59. The lowest BCUT2D eigenvalue weighted by molar-refractivity contribution is 0.0731. The van der Waals surface area contributed by atoms with E-state index in [2.05, 4.69) is 23.9 Å². The van der Waals surface area contributed by atoms with Crippen molar-refractivity contribution in [2.75, 3.05) is 27.2 Å². The van der Waals surface area contributed by atoms with E-state index in [-0.39, 0.29) is 11.8 Å². The second kappa shape index (κ2) is 6.51. The average Bonchev–Trinajstić information content (AvgIpc) is 2.46. The Morgan fingerprint density at radius 1 is 1.25 bits per heavy atom. The number of carbonyl (C=O) groups excluding carboxylic acids is 1. The van der Waals surface area contributed by atoms with Crippen LogP contribution in [0.3, 0.4) is 0 Å². The Labute approximate surface area is 122 Å². The summed E-state index contributed by atoms with van der Waals surface area (Å²) < 4.78 is 0. The molecule has 3 nitrogen and oxygen atoms in total. The van der Waals surface area contributed by atoms with Gasteiger partial charge in [0.1, 0.15) is 0 Å². The van der Waals surface area contributed by atoms with E-state index in [0.717, 1.165) is 31.5 Å². The molecule has 1 aliphatic heterocycles. The fraction of sp³-hybridized carbons (Fsp3) is 0.588. The molecule has 1 aromatic rings. The van der Waals surface area contributed by atoms with E-state index in [4.69, 9.17) is 0 Å². The lowest BCUT2D eigenvalue weighted by atomic mass is 9.98. The second-order valence-corrected chi connectivity index (χ2v) is 6.11. The summed E-state index contributed by atoms with van der Waals surface area (Å²) in [6.45, 7) is 6.32. The third-order valence-corrected chi connectivity index (χ3v) is 4.59. The van der Waals surface area contributed by atoms with Crippen LogP contribution in [0.25, 0.3) is 0 Å². The highest BCUT2D eigenvalue weighted by molar-refractivity contribution is 5.99. The van der Waals surface area contributed by atoms with Gasteiger partial charge in [-0.1, -0.05) is 29.8 Å². The normalized spacial score (nSPS) is 19.2. The second-order valence-electron chi connectivity index (χ2n) is 6.11. The Kier molecular flexibility index (Phi) is 4.95. The van der Waals surface area contributed by atoms with Crippen LogP contribution in [0.1, 0.15) is 35.7 Å². The van der Waals surface area contributed by atoms with Gasteiger partial charge in [0, 0.05) is 11.6 Å². The van der Waals surface area contributed by atoms with E-state index in [1.165, 1.54) is 5.56 Å². The number of hydrogen-bond acceptors (Lipinski definition) is 3. The molecule has 0 bridgehead atoms. The van der Waals surface area contributed by atoms with Gasteiger partial charge in [0.05, 0.1) is 6.04 Å². The van der Waals surface area contributed by atoms with E-state index >= 15 is 0 Å². The molecule has 0 aromatic heterocycles. The Bertz CT molecular complexity index is 447. The van der Waals surface area contributed by atoms with E-state index < -0.39 is 0 Å². The predicted molar refractivity (Wildman–Crippen MR) is 83.3 cm³/mol. The molecule has 0 spiro atoms. The van der Waals surface area contributed by atoms with E-state index in [9.17, 15) is 4.79 Å². The Balaban J connectivity index is 2.00. The molecule has 110 valence electrons. The molecular weight excluding hydrogens is 248 g/mol. The number of piperidine rings is 1. The van der Waals surface area contributed by atoms with E-state index in [0.29, 0.717) is 6.04 Å². The number of Topliss-reactive ketones (excluding diaryl/α,β-unsaturated/α-hetero) is 1. The van der Waals surface area contributed by atoms with Gasteiger partial charge in [-0.2, -0.15) is 0 Å². The molecule has 0 saturated carbocycles. The van der Waals surface area contributed by atoms with Gasteiger partial charge in [-0.05, 0) is 53.9 Å². The zero-order valence-corrected chi connectivity index (χ0v) is 13.1. The minimum atomic E-state index is -0.0499. The molecule has 0 aliphatic carbocycles. The lowest BCUT2D eigenvalue weighted by Gasteiger charge is -2.37. The number of nitrogens with zero attached hydrogens (tertiary/aromatic N) is 2. The zero-order chi connectivity index (χ0) is 14.7. The minimum absolute atomic E-state index is 0.0499. The Morgan fingerprint density at radius 3 is 2.35 bits per heavy atom. The molecule has 1 heterocycles. The van der Waals surface area contributed by atoms with Crippen LogP contribution in [-0.4, -0.2) is 54.9 Å². The van der Waals surface area contributed by atoms with Gasteiger partial charge < -0.3 is 4.90 Å². The third-order valence-electron chi connectivity index (χ3n) is 4.59. The Hall–Kier alpha value is -1.19. The minimum Gasteiger partial charge on any atom is -0.306 e. The number of ketones is 1. The van der Waals surface area contributed by atoms with Gasteiger partial charge in [-0.15, -0.1) is 0 Å². The maximum atomic E-state index is 12.6. The van der Waals surface area contributed by atoms with Crippen LogP contribution < -0.4 is 0 Å². The number of likely N-dealkylation sites (tertiary alicyclic amines) is 1. The number of rotatable bonds is 4. The van der Waals surface area contributed by atoms with Gasteiger partial charge in [0.2, 0.25) is 0 Å². The summed E-state index contributed by atoms with van der Waals surface area (Å²) >= 11 is 0. The summed E-state index contributed by atoms with van der Waals surface area (Å²) in [5.74, 6) is 0.228. The highest BCUT2D eigenvalue weighted by Gasteiger charge is 2.27. The topological polar surface area (TPSA) is 23.6 Å². The number of carbonyl (C=O) groups is 1. The molecule has 2 rings (SSSR count). The highest BCUT2D eigenvalue weighted by Crippen LogP contribution is 2.18. The molecule has 1 fully saturated rings. The summed E-state index contributed by atoms with van der Waals surface area (Å²) in [5.41, 5.74) is 2.01. The van der Waals surface area contributed by atoms with Crippen molar-refractivity contribution in [2.45, 2.75) is 38.8 Å². The molecule has 1 saturated heterocycles. The van der Waals surface area contributed by atoms with Crippen molar-refractivity contribution >= 4 is 5.78 Å². The first-order valence-corrected chi connectivity index (χ1v) is 7.50. The molecule has 0 amide bonds. The third kappa shape index (κ3) is 3.47. The van der Waals surface area contributed by atoms with Crippen molar-refractivity contribution in [3.63, 3.8) is 0 Å². The molecule has 1 aromatic carbocycles.